The number of aromatic nitrogens is 3. The molecule has 0 aliphatic heterocycles. The van der Waals surface area contributed by atoms with Crippen LogP contribution in [0.5, 0.6) is 0 Å². The fraction of sp³-hybridized carbons (Fsp3) is 0.667. The highest BCUT2D eigenvalue weighted by atomic mass is 16.2. The molecule has 1 heterocycles. The van der Waals surface area contributed by atoms with Crippen molar-refractivity contribution in [2.75, 3.05) is 6.54 Å². The summed E-state index contributed by atoms with van der Waals surface area (Å²) in [6.07, 6.45) is 1.60. The van der Waals surface area contributed by atoms with Gasteiger partial charge in [0.1, 0.15) is 12.6 Å². The van der Waals surface area contributed by atoms with Crippen LogP contribution in [0.3, 0.4) is 0 Å². The monoisotopic (exact) mass is 282 g/mol. The van der Waals surface area contributed by atoms with Crippen molar-refractivity contribution in [3.8, 4) is 0 Å². The maximum absolute atomic E-state index is 11.8. The molecular weight excluding hydrogens is 260 g/mol. The first kappa shape index (κ1) is 16.1. The van der Waals surface area contributed by atoms with Crippen LogP contribution in [-0.2, 0) is 22.7 Å². The van der Waals surface area contributed by atoms with Crippen molar-refractivity contribution < 1.29 is 9.59 Å². The Balaban J connectivity index is 2.39. The molecule has 0 fully saturated rings. The summed E-state index contributed by atoms with van der Waals surface area (Å²) in [5.74, 6) is -0.134. The second-order valence-electron chi connectivity index (χ2n) is 5.04. The number of carbonyl (C=O) groups excluding carboxylic acids is 2. The van der Waals surface area contributed by atoms with Crippen LogP contribution in [-0.4, -0.2) is 39.4 Å². The Bertz CT molecular complexity index is 457. The third kappa shape index (κ3) is 5.35. The third-order valence-corrected chi connectivity index (χ3v) is 2.56. The second-order valence-corrected chi connectivity index (χ2v) is 5.04. The van der Waals surface area contributed by atoms with Gasteiger partial charge in [-0.25, -0.2) is 4.68 Å². The van der Waals surface area contributed by atoms with E-state index in [1.54, 1.807) is 13.1 Å². The first-order valence-electron chi connectivity index (χ1n) is 6.58. The van der Waals surface area contributed by atoms with Gasteiger partial charge in [0.15, 0.2) is 0 Å². The van der Waals surface area contributed by atoms with E-state index in [0.717, 1.165) is 0 Å². The average Bonchev–Trinajstić information content (AvgIpc) is 2.83. The summed E-state index contributed by atoms with van der Waals surface area (Å²) >= 11 is 0. The Morgan fingerprint density at radius 3 is 2.65 bits per heavy atom. The lowest BCUT2D eigenvalue weighted by Gasteiger charge is -2.15. The molecule has 20 heavy (non-hydrogen) atoms. The molecule has 0 aromatic carbocycles. The lowest BCUT2D eigenvalue weighted by atomic mass is 10.2. The lowest BCUT2D eigenvalue weighted by molar-refractivity contribution is -0.129. The first-order chi connectivity index (χ1) is 9.42. The number of amides is 2. The normalized spacial score (nSPS) is 12.2. The van der Waals surface area contributed by atoms with Crippen LogP contribution in [0.4, 0.5) is 0 Å². The Kier molecular flexibility index (Phi) is 6.10. The van der Waals surface area contributed by atoms with Crippen molar-refractivity contribution in [1.29, 1.82) is 0 Å². The predicted octanol–water partition coefficient (Wildman–Crippen LogP) is -0.986. The maximum Gasteiger partial charge on any atom is 0.242 e. The van der Waals surface area contributed by atoms with Crippen molar-refractivity contribution in [1.82, 2.24) is 25.6 Å². The second kappa shape index (κ2) is 7.59. The van der Waals surface area contributed by atoms with Gasteiger partial charge < -0.3 is 16.4 Å². The molecule has 1 atom stereocenters. The van der Waals surface area contributed by atoms with Gasteiger partial charge in [0.05, 0.1) is 11.9 Å². The molecule has 1 aromatic heterocycles. The molecule has 0 bridgehead atoms. The number of nitrogens with two attached hydrogens (primary N) is 1. The molecule has 112 valence electrons. The standard InChI is InChI=1S/C12H22N6O2/c1-8(2)5-14-12(20)9(3)15-11(19)7-18-6-10(4-13)16-17-18/h6,8-9H,4-5,7,13H2,1-3H3,(H,14,20)(H,15,19). The predicted molar refractivity (Wildman–Crippen MR) is 73.4 cm³/mol. The van der Waals surface area contributed by atoms with Crippen LogP contribution in [0.2, 0.25) is 0 Å². The molecule has 1 rings (SSSR count). The van der Waals surface area contributed by atoms with E-state index in [9.17, 15) is 9.59 Å². The Labute approximate surface area is 118 Å². The van der Waals surface area contributed by atoms with Crippen LogP contribution >= 0.6 is 0 Å². The third-order valence-electron chi connectivity index (χ3n) is 2.56. The summed E-state index contributed by atoms with van der Waals surface area (Å²) in [7, 11) is 0. The van der Waals surface area contributed by atoms with Crippen LogP contribution < -0.4 is 16.4 Å². The van der Waals surface area contributed by atoms with Gasteiger partial charge in [-0.1, -0.05) is 19.1 Å². The number of rotatable bonds is 7. The Morgan fingerprint density at radius 1 is 1.40 bits per heavy atom. The van der Waals surface area contributed by atoms with Crippen LogP contribution in [0.15, 0.2) is 6.20 Å². The molecule has 1 unspecified atom stereocenters. The molecule has 0 aliphatic rings. The van der Waals surface area contributed by atoms with Gasteiger partial charge in [0, 0.05) is 13.1 Å². The highest BCUT2D eigenvalue weighted by Gasteiger charge is 2.16. The summed E-state index contributed by atoms with van der Waals surface area (Å²) in [6, 6.07) is -0.584. The molecule has 0 radical (unpaired) electrons. The fourth-order valence-electron chi connectivity index (χ4n) is 1.47. The number of nitrogens with zero attached hydrogens (tertiary/aromatic N) is 3. The average molecular weight is 282 g/mol. The van der Waals surface area contributed by atoms with Gasteiger partial charge in [-0.15, -0.1) is 5.10 Å². The molecule has 8 heteroatoms. The molecule has 1 aromatic rings. The van der Waals surface area contributed by atoms with Gasteiger partial charge in [0.25, 0.3) is 0 Å². The zero-order valence-corrected chi connectivity index (χ0v) is 12.1. The van der Waals surface area contributed by atoms with Gasteiger partial charge >= 0.3 is 0 Å². The fourth-order valence-corrected chi connectivity index (χ4v) is 1.47. The molecule has 0 aliphatic carbocycles. The quantitative estimate of drug-likeness (QED) is 0.594. The van der Waals surface area contributed by atoms with Crippen molar-refractivity contribution in [3.63, 3.8) is 0 Å². The summed E-state index contributed by atoms with van der Waals surface area (Å²) in [4.78, 5) is 23.5. The van der Waals surface area contributed by atoms with E-state index in [-0.39, 0.29) is 24.9 Å². The zero-order valence-electron chi connectivity index (χ0n) is 12.1. The van der Waals surface area contributed by atoms with E-state index >= 15 is 0 Å². The van der Waals surface area contributed by atoms with Crippen molar-refractivity contribution in [3.05, 3.63) is 11.9 Å². The first-order valence-corrected chi connectivity index (χ1v) is 6.58. The highest BCUT2D eigenvalue weighted by molar-refractivity contribution is 5.87. The molecule has 0 saturated heterocycles. The SMILES string of the molecule is CC(C)CNC(=O)C(C)NC(=O)Cn1cc(CN)nn1. The number of hydrogen-bond acceptors (Lipinski definition) is 5. The molecular formula is C12H22N6O2. The number of hydrogen-bond donors (Lipinski definition) is 3. The smallest absolute Gasteiger partial charge is 0.242 e. The number of carbonyl (C=O) groups is 2. The van der Waals surface area contributed by atoms with Crippen molar-refractivity contribution in [2.24, 2.45) is 11.7 Å². The molecule has 8 nitrogen and oxygen atoms in total. The topological polar surface area (TPSA) is 115 Å². The Morgan fingerprint density at radius 2 is 2.10 bits per heavy atom. The van der Waals surface area contributed by atoms with Gasteiger partial charge in [-0.3, -0.25) is 9.59 Å². The van der Waals surface area contributed by atoms with Crippen LogP contribution in [0.1, 0.15) is 26.5 Å². The zero-order chi connectivity index (χ0) is 15.1. The minimum atomic E-state index is -0.584. The summed E-state index contributed by atoms with van der Waals surface area (Å²) in [5.41, 5.74) is 6.01. The highest BCUT2D eigenvalue weighted by Crippen LogP contribution is 1.92. The number of nitrogens with one attached hydrogen (secondary N) is 2. The van der Waals surface area contributed by atoms with Crippen molar-refractivity contribution in [2.45, 2.75) is 39.9 Å². The van der Waals surface area contributed by atoms with Crippen LogP contribution in [0, 0.1) is 5.92 Å². The van der Waals surface area contributed by atoms with Gasteiger partial charge in [0.2, 0.25) is 11.8 Å². The minimum Gasteiger partial charge on any atom is -0.354 e. The molecule has 4 N–H and O–H groups in total. The molecule has 0 saturated carbocycles. The van der Waals surface area contributed by atoms with E-state index in [1.165, 1.54) is 4.68 Å². The molecule has 0 spiro atoms. The summed E-state index contributed by atoms with van der Waals surface area (Å²) in [5, 5.41) is 12.9. The molecule has 2 amide bonds. The maximum atomic E-state index is 11.8. The minimum absolute atomic E-state index is 0.00873. The summed E-state index contributed by atoms with van der Waals surface area (Å²) in [6.45, 7) is 6.51. The summed E-state index contributed by atoms with van der Waals surface area (Å²) < 4.78 is 1.39. The van der Waals surface area contributed by atoms with E-state index in [0.29, 0.717) is 18.2 Å². The van der Waals surface area contributed by atoms with Gasteiger partial charge in [-0.05, 0) is 12.8 Å². The van der Waals surface area contributed by atoms with Gasteiger partial charge in [-0.2, -0.15) is 0 Å². The van der Waals surface area contributed by atoms with E-state index in [4.69, 9.17) is 5.73 Å². The van der Waals surface area contributed by atoms with E-state index in [1.807, 2.05) is 13.8 Å². The van der Waals surface area contributed by atoms with Crippen LogP contribution in [0.25, 0.3) is 0 Å². The van der Waals surface area contributed by atoms with Crippen molar-refractivity contribution >= 4 is 11.8 Å². The van der Waals surface area contributed by atoms with E-state index < -0.39 is 6.04 Å². The Hall–Kier alpha value is -1.96. The largest absolute Gasteiger partial charge is 0.354 e. The lowest BCUT2D eigenvalue weighted by Crippen LogP contribution is -2.46. The van der Waals surface area contributed by atoms with E-state index in [2.05, 4.69) is 20.9 Å².